The zero-order valence-electron chi connectivity index (χ0n) is 25.4. The van der Waals surface area contributed by atoms with Crippen LogP contribution in [0.2, 0.25) is 5.02 Å². The molecule has 0 amide bonds. The standard InChI is InChI=1S/C31H34ClF2N5O6S/c1-4-21-15-39(46(42,43)26-10-20(32)13-35-30(26)44-21)14-19-9-18(8-17-6-5-7-22(17)19)24(12-27(40)41)23-11-25(45-31(33)34)29-28(16(23)2)36-37-38(29)3/h8-11,13,21,24,31,42-43H,4-7,12,14-15H2,1-3H3,(H,40,41)/t21-,24-/m1/s1. The fourth-order valence-corrected chi connectivity index (χ4v) is 8.37. The molecule has 0 saturated carbocycles. The maximum Gasteiger partial charge on any atom is 0.387 e. The molecule has 0 saturated heterocycles. The van der Waals surface area contributed by atoms with Gasteiger partial charge in [-0.05, 0) is 78.1 Å². The molecular weight excluding hydrogens is 644 g/mol. The Labute approximate surface area is 270 Å². The summed E-state index contributed by atoms with van der Waals surface area (Å²) in [4.78, 5) is 16.6. The summed E-state index contributed by atoms with van der Waals surface area (Å²) in [5.74, 6) is -1.86. The first-order valence-corrected chi connectivity index (χ1v) is 16.7. The Balaban J connectivity index is 1.48. The highest BCUT2D eigenvalue weighted by Crippen LogP contribution is 2.58. The molecule has 46 heavy (non-hydrogen) atoms. The number of rotatable bonds is 9. The van der Waals surface area contributed by atoms with Crippen LogP contribution in [0.5, 0.6) is 11.6 Å². The van der Waals surface area contributed by atoms with Crippen molar-refractivity contribution in [2.45, 2.75) is 76.0 Å². The molecule has 1 aliphatic carbocycles. The lowest BCUT2D eigenvalue weighted by Crippen LogP contribution is -2.34. The van der Waals surface area contributed by atoms with Gasteiger partial charge >= 0.3 is 12.6 Å². The highest BCUT2D eigenvalue weighted by Gasteiger charge is 2.37. The number of fused-ring (bicyclic) bond motifs is 3. The van der Waals surface area contributed by atoms with E-state index in [0.717, 1.165) is 36.0 Å². The second kappa shape index (κ2) is 12.6. The SMILES string of the molecule is CC[C@@H]1CN(Cc2cc([C@@H](CC(=O)O)c3cc(OC(F)F)c4c(nnn4C)c3C)cc3c2CCC3)S(O)(O)c2cc(Cl)cnc2O1. The summed E-state index contributed by atoms with van der Waals surface area (Å²) >= 11 is 6.20. The lowest BCUT2D eigenvalue weighted by atomic mass is 9.83. The Bertz CT molecular complexity index is 1820. The van der Waals surface area contributed by atoms with Gasteiger partial charge in [-0.2, -0.15) is 13.1 Å². The maximum atomic E-state index is 13.5. The van der Waals surface area contributed by atoms with E-state index in [1.807, 2.05) is 19.1 Å². The van der Waals surface area contributed by atoms with Crippen molar-refractivity contribution in [1.29, 1.82) is 0 Å². The van der Waals surface area contributed by atoms with E-state index >= 15 is 0 Å². The second-order valence-corrected chi connectivity index (χ2v) is 14.1. The van der Waals surface area contributed by atoms with Gasteiger partial charge in [0, 0.05) is 25.7 Å². The Morgan fingerprint density at radius 1 is 1.24 bits per heavy atom. The van der Waals surface area contributed by atoms with Gasteiger partial charge in [0.2, 0.25) is 5.88 Å². The summed E-state index contributed by atoms with van der Waals surface area (Å²) in [6.07, 6.45) is 3.68. The number of carboxylic acid groups (broad SMARTS) is 1. The number of nitrogens with zero attached hydrogens (tertiary/aromatic N) is 5. The number of aryl methyl sites for hydroxylation is 3. The number of pyridine rings is 1. The Kier molecular flexibility index (Phi) is 8.85. The third kappa shape index (κ3) is 5.99. The summed E-state index contributed by atoms with van der Waals surface area (Å²) in [7, 11) is -2.02. The minimum Gasteiger partial charge on any atom is -0.481 e. The van der Waals surface area contributed by atoms with E-state index in [1.165, 1.54) is 23.0 Å². The van der Waals surface area contributed by atoms with Crippen molar-refractivity contribution in [1.82, 2.24) is 24.3 Å². The fraction of sp³-hybridized carbons (Fsp3) is 0.419. The zero-order chi connectivity index (χ0) is 32.9. The van der Waals surface area contributed by atoms with Crippen molar-refractivity contribution in [3.8, 4) is 11.6 Å². The van der Waals surface area contributed by atoms with Crippen LogP contribution in [0, 0.1) is 6.92 Å². The molecule has 2 aromatic heterocycles. The third-order valence-electron chi connectivity index (χ3n) is 8.77. The van der Waals surface area contributed by atoms with Crippen molar-refractivity contribution in [2.75, 3.05) is 6.54 Å². The molecule has 2 atom stereocenters. The van der Waals surface area contributed by atoms with Crippen LogP contribution in [0.15, 0.2) is 35.4 Å². The average Bonchev–Trinajstić information content (AvgIpc) is 3.62. The number of aromatic nitrogens is 4. The van der Waals surface area contributed by atoms with Gasteiger partial charge in [0.25, 0.3) is 0 Å². The number of halogens is 3. The molecule has 4 aromatic rings. The van der Waals surface area contributed by atoms with Crippen LogP contribution in [0.3, 0.4) is 0 Å². The van der Waals surface area contributed by atoms with Gasteiger partial charge in [-0.3, -0.25) is 13.9 Å². The van der Waals surface area contributed by atoms with Gasteiger partial charge in [0.1, 0.15) is 22.0 Å². The van der Waals surface area contributed by atoms with Crippen LogP contribution in [-0.2, 0) is 31.2 Å². The van der Waals surface area contributed by atoms with E-state index in [-0.39, 0.29) is 52.7 Å². The molecule has 0 unspecified atom stereocenters. The van der Waals surface area contributed by atoms with Crippen molar-refractivity contribution in [3.05, 3.63) is 68.9 Å². The van der Waals surface area contributed by atoms with Gasteiger partial charge in [-0.25, -0.2) is 9.67 Å². The van der Waals surface area contributed by atoms with Gasteiger partial charge in [-0.1, -0.05) is 35.9 Å². The quantitative estimate of drug-likeness (QED) is 0.175. The number of hydrogen-bond donors (Lipinski definition) is 3. The zero-order valence-corrected chi connectivity index (χ0v) is 27.0. The average molecular weight is 678 g/mol. The largest absolute Gasteiger partial charge is 0.481 e. The Hall–Kier alpha value is -3.56. The van der Waals surface area contributed by atoms with E-state index in [9.17, 15) is 27.8 Å². The first-order chi connectivity index (χ1) is 21.9. The van der Waals surface area contributed by atoms with E-state index < -0.39 is 29.3 Å². The van der Waals surface area contributed by atoms with E-state index in [1.54, 1.807) is 18.3 Å². The molecule has 0 radical (unpaired) electrons. The van der Waals surface area contributed by atoms with Gasteiger partial charge in [0.05, 0.1) is 18.0 Å². The molecular formula is C31H34ClF2N5O6S. The number of carboxylic acids is 1. The first-order valence-electron chi connectivity index (χ1n) is 14.9. The molecule has 0 fully saturated rings. The number of aliphatic carboxylic acids is 1. The number of benzene rings is 2. The third-order valence-corrected chi connectivity index (χ3v) is 10.9. The highest BCUT2D eigenvalue weighted by atomic mass is 35.5. The van der Waals surface area contributed by atoms with E-state index in [4.69, 9.17) is 21.1 Å². The summed E-state index contributed by atoms with van der Waals surface area (Å²) in [5.41, 5.74) is 5.26. The van der Waals surface area contributed by atoms with Crippen molar-refractivity contribution < 1.29 is 37.3 Å². The van der Waals surface area contributed by atoms with Gasteiger partial charge in [0.15, 0.2) is 5.75 Å². The molecule has 0 bridgehead atoms. The summed E-state index contributed by atoms with van der Waals surface area (Å²) < 4.78 is 64.2. The molecule has 15 heteroatoms. The van der Waals surface area contributed by atoms with Crippen molar-refractivity contribution >= 4 is 39.4 Å². The van der Waals surface area contributed by atoms with Crippen LogP contribution in [0.4, 0.5) is 8.78 Å². The minimum atomic E-state index is -3.59. The number of alkyl halides is 2. The Morgan fingerprint density at radius 2 is 2.02 bits per heavy atom. The Morgan fingerprint density at radius 3 is 2.74 bits per heavy atom. The van der Waals surface area contributed by atoms with Crippen LogP contribution in [-0.4, -0.2) is 63.7 Å². The molecule has 2 aromatic carbocycles. The van der Waals surface area contributed by atoms with Gasteiger partial charge < -0.3 is 14.6 Å². The van der Waals surface area contributed by atoms with Crippen LogP contribution < -0.4 is 9.47 Å². The lowest BCUT2D eigenvalue weighted by molar-refractivity contribution is -0.137. The van der Waals surface area contributed by atoms with Crippen molar-refractivity contribution in [3.63, 3.8) is 0 Å². The summed E-state index contributed by atoms with van der Waals surface area (Å²) in [6.45, 7) is 0.910. The van der Waals surface area contributed by atoms with E-state index in [0.29, 0.717) is 28.6 Å². The molecule has 6 rings (SSSR count). The highest BCUT2D eigenvalue weighted by molar-refractivity contribution is 8.22. The monoisotopic (exact) mass is 677 g/mol. The molecule has 3 heterocycles. The summed E-state index contributed by atoms with van der Waals surface area (Å²) in [6, 6.07) is 6.78. The maximum absolute atomic E-state index is 13.5. The molecule has 246 valence electrons. The van der Waals surface area contributed by atoms with Crippen LogP contribution >= 0.6 is 22.4 Å². The molecule has 3 N–H and O–H groups in total. The molecule has 11 nitrogen and oxygen atoms in total. The second-order valence-electron chi connectivity index (χ2n) is 11.6. The van der Waals surface area contributed by atoms with Crippen LogP contribution in [0.25, 0.3) is 11.0 Å². The molecule has 2 aliphatic rings. The van der Waals surface area contributed by atoms with Crippen molar-refractivity contribution in [2.24, 2.45) is 7.05 Å². The number of hydrogen-bond acceptors (Lipinski definition) is 9. The molecule has 1 aliphatic heterocycles. The first kappa shape index (κ1) is 32.4. The predicted molar refractivity (Wildman–Crippen MR) is 168 cm³/mol. The lowest BCUT2D eigenvalue weighted by Gasteiger charge is -2.42. The van der Waals surface area contributed by atoms with E-state index in [2.05, 4.69) is 15.3 Å². The molecule has 0 spiro atoms. The topological polar surface area (TPSA) is 143 Å². The normalized spacial score (nSPS) is 18.9. The van der Waals surface area contributed by atoms with Gasteiger partial charge in [-0.15, -0.1) is 15.9 Å². The van der Waals surface area contributed by atoms with Crippen LogP contribution in [0.1, 0.15) is 65.5 Å². The number of ether oxygens (including phenoxy) is 2. The summed E-state index contributed by atoms with van der Waals surface area (Å²) in [5, 5.41) is 18.4. The minimum absolute atomic E-state index is 0.104. The predicted octanol–water partition coefficient (Wildman–Crippen LogP) is 6.72. The number of carbonyl (C=O) groups is 1. The fourth-order valence-electron chi connectivity index (χ4n) is 6.55. The smallest absolute Gasteiger partial charge is 0.387 e.